The lowest BCUT2D eigenvalue weighted by atomic mass is 10.2. The van der Waals surface area contributed by atoms with Gasteiger partial charge in [0.05, 0.1) is 5.56 Å². The summed E-state index contributed by atoms with van der Waals surface area (Å²) in [6.45, 7) is 0. The quantitative estimate of drug-likeness (QED) is 0.351. The van der Waals surface area contributed by atoms with Crippen molar-refractivity contribution in [3.8, 4) is 0 Å². The fourth-order valence-corrected chi connectivity index (χ4v) is 1.45. The van der Waals surface area contributed by atoms with Crippen LogP contribution in [0.5, 0.6) is 0 Å². The summed E-state index contributed by atoms with van der Waals surface area (Å²) in [6.07, 6.45) is -4.37. The van der Waals surface area contributed by atoms with E-state index in [1.807, 2.05) is 0 Å². The summed E-state index contributed by atoms with van der Waals surface area (Å²) in [7, 11) is 0. The van der Waals surface area contributed by atoms with Crippen molar-refractivity contribution < 1.29 is 18.1 Å². The largest absolute Gasteiger partial charge is 0.416 e. The Morgan fingerprint density at radius 3 is 2.20 bits per heavy atom. The van der Waals surface area contributed by atoms with E-state index >= 15 is 0 Å². The highest BCUT2D eigenvalue weighted by Crippen LogP contribution is 2.30. The van der Waals surface area contributed by atoms with E-state index in [-0.39, 0.29) is 5.88 Å². The fraction of sp³-hybridized carbons (Fsp3) is 0.250. The average molecular weight is 237 g/mol. The van der Waals surface area contributed by atoms with Crippen molar-refractivity contribution in [2.75, 3.05) is 5.88 Å². The van der Waals surface area contributed by atoms with Crippen LogP contribution >= 0.6 is 11.8 Å². The first-order valence-electron chi connectivity index (χ1n) is 3.81. The van der Waals surface area contributed by atoms with Crippen LogP contribution in [0.3, 0.4) is 0 Å². The second-order valence-electron chi connectivity index (χ2n) is 2.63. The summed E-state index contributed by atoms with van der Waals surface area (Å²) in [6, 6.07) is 4.25. The molecule has 0 heterocycles. The number of thioether (sulfide) groups is 1. The maximum Gasteiger partial charge on any atom is 0.416 e. The second kappa shape index (κ2) is 4.52. The van der Waals surface area contributed by atoms with E-state index in [1.165, 1.54) is 12.1 Å². The molecule has 3 nitrogen and oxygen atoms in total. The third-order valence-corrected chi connectivity index (χ3v) is 2.46. The van der Waals surface area contributed by atoms with Gasteiger partial charge >= 0.3 is 6.18 Å². The SMILES string of the molecule is O=[N+]([O-])CSc1ccc(C(F)(F)F)cc1. The van der Waals surface area contributed by atoms with Gasteiger partial charge < -0.3 is 0 Å². The van der Waals surface area contributed by atoms with E-state index in [2.05, 4.69) is 0 Å². The minimum absolute atomic E-state index is 0.356. The fourth-order valence-electron chi connectivity index (χ4n) is 0.867. The molecule has 0 fully saturated rings. The molecular formula is C8H6F3NO2S. The van der Waals surface area contributed by atoms with Gasteiger partial charge in [0.2, 0.25) is 0 Å². The lowest BCUT2D eigenvalue weighted by Crippen LogP contribution is -2.04. The van der Waals surface area contributed by atoms with E-state index in [1.54, 1.807) is 0 Å². The van der Waals surface area contributed by atoms with Crippen LogP contribution in [0.2, 0.25) is 0 Å². The number of nitro groups is 1. The van der Waals surface area contributed by atoms with Gasteiger partial charge in [-0.3, -0.25) is 10.1 Å². The number of hydrogen-bond acceptors (Lipinski definition) is 3. The molecule has 0 atom stereocenters. The molecule has 0 saturated heterocycles. The van der Waals surface area contributed by atoms with Crippen LogP contribution in [0.4, 0.5) is 13.2 Å². The van der Waals surface area contributed by atoms with Gasteiger partial charge in [0, 0.05) is 9.82 Å². The third-order valence-electron chi connectivity index (χ3n) is 1.52. The molecule has 0 spiro atoms. The molecule has 0 bridgehead atoms. The van der Waals surface area contributed by atoms with Crippen LogP contribution in [-0.4, -0.2) is 10.8 Å². The van der Waals surface area contributed by atoms with Crippen molar-refractivity contribution in [2.24, 2.45) is 0 Å². The van der Waals surface area contributed by atoms with E-state index in [4.69, 9.17) is 0 Å². The molecule has 0 aromatic heterocycles. The van der Waals surface area contributed by atoms with Gasteiger partial charge in [0.15, 0.2) is 0 Å². The molecule has 0 aliphatic rings. The molecule has 0 radical (unpaired) electrons. The molecule has 7 heteroatoms. The van der Waals surface area contributed by atoms with Crippen molar-refractivity contribution in [2.45, 2.75) is 11.1 Å². The Kier molecular flexibility index (Phi) is 3.57. The van der Waals surface area contributed by atoms with Crippen molar-refractivity contribution in [3.63, 3.8) is 0 Å². The Bertz CT molecular complexity index is 350. The first-order chi connectivity index (χ1) is 6.89. The zero-order valence-electron chi connectivity index (χ0n) is 7.32. The van der Waals surface area contributed by atoms with Gasteiger partial charge in [0.25, 0.3) is 5.88 Å². The molecule has 1 aromatic carbocycles. The van der Waals surface area contributed by atoms with Crippen LogP contribution < -0.4 is 0 Å². The number of hydrogen-bond donors (Lipinski definition) is 0. The standard InChI is InChI=1S/C8H6F3NO2S/c9-8(10,11)6-1-3-7(4-2-6)15-5-12(13)14/h1-4H,5H2. The van der Waals surface area contributed by atoms with E-state index in [0.29, 0.717) is 4.90 Å². The molecule has 0 amide bonds. The number of nitrogens with zero attached hydrogens (tertiary/aromatic N) is 1. The smallest absolute Gasteiger partial charge is 0.264 e. The van der Waals surface area contributed by atoms with Crippen LogP contribution in [0.25, 0.3) is 0 Å². The van der Waals surface area contributed by atoms with Gasteiger partial charge in [-0.05, 0) is 24.3 Å². The molecule has 0 saturated carbocycles. The van der Waals surface area contributed by atoms with Crippen molar-refractivity contribution in [1.29, 1.82) is 0 Å². The van der Waals surface area contributed by atoms with Crippen molar-refractivity contribution in [1.82, 2.24) is 0 Å². The van der Waals surface area contributed by atoms with Crippen LogP contribution in [0, 0.1) is 10.1 Å². The van der Waals surface area contributed by atoms with Crippen LogP contribution in [0.1, 0.15) is 5.56 Å². The monoisotopic (exact) mass is 237 g/mol. The Hall–Kier alpha value is -1.24. The summed E-state index contributed by atoms with van der Waals surface area (Å²) >= 11 is 0.881. The molecule has 15 heavy (non-hydrogen) atoms. The van der Waals surface area contributed by atoms with Crippen molar-refractivity contribution in [3.05, 3.63) is 39.9 Å². The van der Waals surface area contributed by atoms with Gasteiger partial charge in [-0.25, -0.2) is 0 Å². The van der Waals surface area contributed by atoms with Crippen molar-refractivity contribution >= 4 is 11.8 Å². The van der Waals surface area contributed by atoms with Gasteiger partial charge in [-0.15, -0.1) is 0 Å². The lowest BCUT2D eigenvalue weighted by Gasteiger charge is -2.06. The molecule has 0 aliphatic carbocycles. The number of alkyl halides is 3. The van der Waals surface area contributed by atoms with Crippen LogP contribution in [0.15, 0.2) is 29.2 Å². The first-order valence-corrected chi connectivity index (χ1v) is 4.80. The molecule has 1 aromatic rings. The predicted octanol–water partition coefficient (Wildman–Crippen LogP) is 3.03. The molecule has 82 valence electrons. The third kappa shape index (κ3) is 3.78. The molecule has 1 rings (SSSR count). The summed E-state index contributed by atoms with van der Waals surface area (Å²) < 4.78 is 36.4. The predicted molar refractivity (Wildman–Crippen MR) is 49.2 cm³/mol. The van der Waals surface area contributed by atoms with E-state index in [9.17, 15) is 23.3 Å². The van der Waals surface area contributed by atoms with Gasteiger partial charge in [-0.2, -0.15) is 13.2 Å². The molecule has 0 unspecified atom stereocenters. The number of benzene rings is 1. The second-order valence-corrected chi connectivity index (χ2v) is 3.65. The summed E-state index contributed by atoms with van der Waals surface area (Å²) in [4.78, 5) is 9.91. The maximum absolute atomic E-state index is 12.1. The Morgan fingerprint density at radius 1 is 1.27 bits per heavy atom. The highest BCUT2D eigenvalue weighted by Gasteiger charge is 2.29. The maximum atomic E-state index is 12.1. The van der Waals surface area contributed by atoms with E-state index < -0.39 is 16.7 Å². The van der Waals surface area contributed by atoms with E-state index in [0.717, 1.165) is 23.9 Å². The minimum atomic E-state index is -4.37. The van der Waals surface area contributed by atoms with Crippen LogP contribution in [-0.2, 0) is 6.18 Å². The highest BCUT2D eigenvalue weighted by atomic mass is 32.2. The zero-order valence-corrected chi connectivity index (χ0v) is 8.14. The Labute approximate surface area is 87.4 Å². The topological polar surface area (TPSA) is 43.1 Å². The first kappa shape index (κ1) is 11.8. The Morgan fingerprint density at radius 2 is 1.80 bits per heavy atom. The Balaban J connectivity index is 2.69. The van der Waals surface area contributed by atoms with Gasteiger partial charge in [0.1, 0.15) is 0 Å². The number of halogens is 3. The molecule has 0 aliphatic heterocycles. The zero-order chi connectivity index (χ0) is 11.5. The molecule has 0 N–H and O–H groups in total. The van der Waals surface area contributed by atoms with Gasteiger partial charge in [-0.1, -0.05) is 11.8 Å². The molecular weight excluding hydrogens is 231 g/mol. The normalized spacial score (nSPS) is 11.4. The number of rotatable bonds is 3. The highest BCUT2D eigenvalue weighted by molar-refractivity contribution is 7.99. The summed E-state index contributed by atoms with van der Waals surface area (Å²) in [5.41, 5.74) is -0.757. The average Bonchev–Trinajstić information content (AvgIpc) is 2.14. The lowest BCUT2D eigenvalue weighted by molar-refractivity contribution is -0.456. The summed E-state index contributed by atoms with van der Waals surface area (Å²) in [5.74, 6) is -0.356. The summed E-state index contributed by atoms with van der Waals surface area (Å²) in [5, 5.41) is 10.0. The minimum Gasteiger partial charge on any atom is -0.264 e.